The molecule has 0 radical (unpaired) electrons. The largest absolute Gasteiger partial charge is 0.484 e. The van der Waals surface area contributed by atoms with Crippen molar-refractivity contribution < 1.29 is 9.53 Å². The maximum absolute atomic E-state index is 12.2. The molecule has 0 saturated heterocycles. The molecule has 0 aromatic heterocycles. The lowest BCUT2D eigenvalue weighted by Gasteiger charge is -2.31. The molecule has 0 atom stereocenters. The monoisotopic (exact) mass is 386 g/mol. The molecule has 124 valence electrons. The molecule has 5 heteroatoms. The number of rotatable bonds is 4. The smallest absolute Gasteiger partial charge is 0.259 e. The Balaban J connectivity index is 1.62. The molecule has 0 heterocycles. The number of benzene rings is 2. The van der Waals surface area contributed by atoms with E-state index in [1.807, 2.05) is 36.4 Å². The molecule has 0 spiro atoms. The summed E-state index contributed by atoms with van der Waals surface area (Å²) >= 11 is 3.45. The van der Waals surface area contributed by atoms with E-state index >= 15 is 0 Å². The second-order valence-corrected chi connectivity index (χ2v) is 7.16. The quantitative estimate of drug-likeness (QED) is 0.850. The highest BCUT2D eigenvalue weighted by Gasteiger charge is 2.33. The fourth-order valence-electron chi connectivity index (χ4n) is 3.16. The van der Waals surface area contributed by atoms with E-state index in [-0.39, 0.29) is 12.5 Å². The van der Waals surface area contributed by atoms with Gasteiger partial charge in [-0.2, -0.15) is 5.26 Å². The zero-order valence-corrected chi connectivity index (χ0v) is 14.9. The summed E-state index contributed by atoms with van der Waals surface area (Å²) in [5.41, 5.74) is -0.714. The molecule has 1 N–H and O–H groups in total. The van der Waals surface area contributed by atoms with Crippen LogP contribution in [0.4, 0.5) is 0 Å². The number of amides is 1. The van der Waals surface area contributed by atoms with Crippen LogP contribution < -0.4 is 10.1 Å². The molecule has 2 aromatic carbocycles. The molecule has 1 aliphatic carbocycles. The molecule has 0 bridgehead atoms. The maximum atomic E-state index is 12.2. The highest BCUT2D eigenvalue weighted by molar-refractivity contribution is 9.10. The second-order valence-electron chi connectivity index (χ2n) is 6.24. The normalized spacial score (nSPS) is 16.3. The average Bonchev–Trinajstić information content (AvgIpc) is 2.60. The van der Waals surface area contributed by atoms with Crippen molar-refractivity contribution in [2.75, 3.05) is 6.61 Å². The van der Waals surface area contributed by atoms with Gasteiger partial charge in [-0.15, -0.1) is 0 Å². The molecule has 0 unspecified atom stereocenters. The summed E-state index contributed by atoms with van der Waals surface area (Å²) in [4.78, 5) is 12.2. The minimum Gasteiger partial charge on any atom is -0.484 e. The Morgan fingerprint density at radius 1 is 1.17 bits per heavy atom. The number of hydrogen-bond acceptors (Lipinski definition) is 3. The van der Waals surface area contributed by atoms with E-state index in [1.165, 1.54) is 0 Å². The molecular formula is C19H19BrN2O2. The van der Waals surface area contributed by atoms with Crippen LogP contribution in [0.3, 0.4) is 0 Å². The van der Waals surface area contributed by atoms with Crippen LogP contribution in [0.25, 0.3) is 10.8 Å². The van der Waals surface area contributed by atoms with Gasteiger partial charge in [0.1, 0.15) is 11.3 Å². The molecule has 1 amide bonds. The molecular weight excluding hydrogens is 368 g/mol. The Morgan fingerprint density at radius 2 is 1.88 bits per heavy atom. The summed E-state index contributed by atoms with van der Waals surface area (Å²) in [7, 11) is 0. The fraction of sp³-hybridized carbons (Fsp3) is 0.368. The number of carbonyl (C=O) groups is 1. The predicted octanol–water partition coefficient (Wildman–Crippen LogP) is 4.32. The first-order valence-corrected chi connectivity index (χ1v) is 8.94. The Labute approximate surface area is 149 Å². The first-order valence-electron chi connectivity index (χ1n) is 8.15. The zero-order chi connectivity index (χ0) is 17.0. The Hall–Kier alpha value is -2.06. The van der Waals surface area contributed by atoms with Crippen LogP contribution in [0.5, 0.6) is 5.75 Å². The number of nitriles is 1. The van der Waals surface area contributed by atoms with E-state index in [9.17, 15) is 10.1 Å². The molecule has 1 fully saturated rings. The van der Waals surface area contributed by atoms with E-state index in [0.29, 0.717) is 5.75 Å². The van der Waals surface area contributed by atoms with Gasteiger partial charge in [0.15, 0.2) is 6.61 Å². The minimum atomic E-state index is -0.714. The number of ether oxygens (including phenoxy) is 1. The van der Waals surface area contributed by atoms with Crippen molar-refractivity contribution in [1.29, 1.82) is 5.26 Å². The summed E-state index contributed by atoms with van der Waals surface area (Å²) in [6, 6.07) is 14.0. The molecule has 0 aliphatic heterocycles. The van der Waals surface area contributed by atoms with E-state index in [0.717, 1.165) is 47.3 Å². The Morgan fingerprint density at radius 3 is 2.62 bits per heavy atom. The van der Waals surface area contributed by atoms with Crippen molar-refractivity contribution in [2.45, 2.75) is 37.6 Å². The number of fused-ring (bicyclic) bond motifs is 1. The molecule has 24 heavy (non-hydrogen) atoms. The van der Waals surface area contributed by atoms with Crippen molar-refractivity contribution in [3.05, 3.63) is 40.9 Å². The van der Waals surface area contributed by atoms with Crippen LogP contribution in [-0.4, -0.2) is 18.1 Å². The van der Waals surface area contributed by atoms with Crippen LogP contribution in [0.15, 0.2) is 40.9 Å². The van der Waals surface area contributed by atoms with Gasteiger partial charge in [-0.3, -0.25) is 4.79 Å². The van der Waals surface area contributed by atoms with Crippen molar-refractivity contribution in [3.8, 4) is 11.8 Å². The SMILES string of the molecule is N#CC1(NC(=O)COc2ccc3cc(Br)ccc3c2)CCCCC1. The summed E-state index contributed by atoms with van der Waals surface area (Å²) in [5, 5.41) is 14.4. The van der Waals surface area contributed by atoms with Gasteiger partial charge in [0.2, 0.25) is 0 Å². The van der Waals surface area contributed by atoms with Crippen LogP contribution in [-0.2, 0) is 4.79 Å². The summed E-state index contributed by atoms with van der Waals surface area (Å²) in [5.74, 6) is 0.406. The first kappa shape index (κ1) is 16.8. The summed E-state index contributed by atoms with van der Waals surface area (Å²) in [6.45, 7) is -0.0779. The van der Waals surface area contributed by atoms with Gasteiger partial charge in [-0.05, 0) is 47.9 Å². The molecule has 1 aliphatic rings. The van der Waals surface area contributed by atoms with Gasteiger partial charge in [-0.1, -0.05) is 47.3 Å². The van der Waals surface area contributed by atoms with Crippen molar-refractivity contribution >= 4 is 32.6 Å². The van der Waals surface area contributed by atoms with E-state index in [1.54, 1.807) is 0 Å². The lowest BCUT2D eigenvalue weighted by molar-refractivity contribution is -0.124. The third-order valence-corrected chi connectivity index (χ3v) is 4.94. The Kier molecular flexibility index (Phi) is 5.06. The number of nitrogens with one attached hydrogen (secondary N) is 1. The third kappa shape index (κ3) is 3.88. The highest BCUT2D eigenvalue weighted by Crippen LogP contribution is 2.27. The van der Waals surface area contributed by atoms with Crippen molar-refractivity contribution in [2.24, 2.45) is 0 Å². The van der Waals surface area contributed by atoms with Gasteiger partial charge in [0.05, 0.1) is 6.07 Å². The third-order valence-electron chi connectivity index (χ3n) is 4.44. The van der Waals surface area contributed by atoms with E-state index < -0.39 is 5.54 Å². The summed E-state index contributed by atoms with van der Waals surface area (Å²) in [6.07, 6.45) is 4.53. The number of halogens is 1. The first-order chi connectivity index (χ1) is 11.6. The zero-order valence-electron chi connectivity index (χ0n) is 13.3. The lowest BCUT2D eigenvalue weighted by Crippen LogP contribution is -2.50. The maximum Gasteiger partial charge on any atom is 0.259 e. The van der Waals surface area contributed by atoms with Crippen LogP contribution in [0.1, 0.15) is 32.1 Å². The average molecular weight is 387 g/mol. The predicted molar refractivity (Wildman–Crippen MR) is 96.7 cm³/mol. The molecule has 1 saturated carbocycles. The standard InChI is InChI=1S/C19H19BrN2O2/c20-16-6-4-15-11-17(7-5-14(15)10-16)24-12-18(23)22-19(13-21)8-2-1-3-9-19/h4-7,10-11H,1-3,8-9,12H2,(H,22,23). The van der Waals surface area contributed by atoms with Gasteiger partial charge in [-0.25, -0.2) is 0 Å². The number of carbonyl (C=O) groups excluding carboxylic acids is 1. The van der Waals surface area contributed by atoms with Crippen molar-refractivity contribution in [3.63, 3.8) is 0 Å². The van der Waals surface area contributed by atoms with Crippen LogP contribution in [0, 0.1) is 11.3 Å². The number of hydrogen-bond donors (Lipinski definition) is 1. The lowest BCUT2D eigenvalue weighted by atomic mass is 9.83. The van der Waals surface area contributed by atoms with Gasteiger partial charge in [0.25, 0.3) is 5.91 Å². The highest BCUT2D eigenvalue weighted by atomic mass is 79.9. The minimum absolute atomic E-state index is 0.0779. The summed E-state index contributed by atoms with van der Waals surface area (Å²) < 4.78 is 6.63. The van der Waals surface area contributed by atoms with Gasteiger partial charge < -0.3 is 10.1 Å². The number of nitrogens with zero attached hydrogens (tertiary/aromatic N) is 1. The van der Waals surface area contributed by atoms with E-state index in [2.05, 4.69) is 27.3 Å². The molecule has 4 nitrogen and oxygen atoms in total. The van der Waals surface area contributed by atoms with Crippen LogP contribution >= 0.6 is 15.9 Å². The Bertz CT molecular complexity index is 792. The molecule has 2 aromatic rings. The van der Waals surface area contributed by atoms with Crippen molar-refractivity contribution in [1.82, 2.24) is 5.32 Å². The van der Waals surface area contributed by atoms with Gasteiger partial charge in [0, 0.05) is 4.47 Å². The van der Waals surface area contributed by atoms with E-state index in [4.69, 9.17) is 4.74 Å². The second kappa shape index (κ2) is 7.23. The molecule has 3 rings (SSSR count). The fourth-order valence-corrected chi connectivity index (χ4v) is 3.54. The topological polar surface area (TPSA) is 62.1 Å². The van der Waals surface area contributed by atoms with Gasteiger partial charge >= 0.3 is 0 Å². The van der Waals surface area contributed by atoms with Crippen LogP contribution in [0.2, 0.25) is 0 Å².